The summed E-state index contributed by atoms with van der Waals surface area (Å²) in [5.74, 6) is -15.0. The summed E-state index contributed by atoms with van der Waals surface area (Å²) in [6, 6.07) is -8.04. The Balaban J connectivity index is 1.52. The summed E-state index contributed by atoms with van der Waals surface area (Å²) in [6.45, 7) is 12.4. The largest absolute Gasteiger partial charge is 0.481 e. The standard InChI is InChI=1S/C66H101N17O16S/c1-8-35(5)52(69)64-80-47(32-100-64)60(93)78-45-25-34(4)31-83(65(45)97)48(21-22-51(86)87)61(94)82-54(37(7)10-3)62(95)74-40-19-14-15-24-71-50(85)29-44(59(92)79-46(66(98)99)28-49(68)84)76-58(91)43(27-39-30-70-33-72-39)75-57(90)42(26-38-17-12-11-13-18-38)77-63(96)53(36(6)9-2)81-56(89)41(20-16-23-67)73-55(40)88/h11-13,17-18,30,33-37,40-48,52-54H,8-10,14-16,19-29,31-32,67,69H2,1-7H3,(H2,68,84)(H,70,72)(H,71,85)(H,73,88)(H,74,95)(H,75,90)(H,76,91)(H,77,96)(H,78,93)(H,79,92)(H,81,89)(H,82,94)(H,86,87)(H,98,99). The Morgan fingerprint density at radius 2 is 1.42 bits per heavy atom. The molecule has 1 aromatic carbocycles. The molecule has 3 aliphatic rings. The summed E-state index contributed by atoms with van der Waals surface area (Å²) >= 11 is 1.36. The third-order valence-corrected chi connectivity index (χ3v) is 19.4. The van der Waals surface area contributed by atoms with Crippen LogP contribution < -0.4 is 70.4 Å². The second-order valence-electron chi connectivity index (χ2n) is 26.1. The number of benzene rings is 1. The first-order valence-electron chi connectivity index (χ1n) is 34.2. The monoisotopic (exact) mass is 1420 g/mol. The minimum Gasteiger partial charge on any atom is -0.481 e. The number of carboxylic acid groups (broad SMARTS) is 2. The van der Waals surface area contributed by atoms with Crippen molar-refractivity contribution >= 4 is 99.6 Å². The predicted octanol–water partition coefficient (Wildman–Crippen LogP) is -1.97. The number of nitrogens with two attached hydrogens (primary N) is 3. The fraction of sp³-hybridized carbons (Fsp3) is 0.636. The fourth-order valence-electron chi connectivity index (χ4n) is 11.6. The average Bonchev–Trinajstić information content (AvgIpc) is 0.979. The van der Waals surface area contributed by atoms with Crippen molar-refractivity contribution in [1.29, 1.82) is 0 Å². The van der Waals surface area contributed by atoms with Crippen molar-refractivity contribution in [3.63, 3.8) is 0 Å². The quantitative estimate of drug-likeness (QED) is 0.0420. The lowest BCUT2D eigenvalue weighted by atomic mass is 9.92. The predicted molar refractivity (Wildman–Crippen MR) is 367 cm³/mol. The number of carboxylic acids is 2. The molecule has 16 unspecified atom stereocenters. The number of hydrogen-bond donors (Lipinski definition) is 16. The van der Waals surface area contributed by atoms with Crippen LogP contribution in [0.3, 0.4) is 0 Å². The van der Waals surface area contributed by atoms with Crippen LogP contribution in [0.4, 0.5) is 0 Å². The van der Waals surface area contributed by atoms with Gasteiger partial charge in [0.05, 0.1) is 30.3 Å². The molecule has 0 radical (unpaired) electrons. The lowest BCUT2D eigenvalue weighted by molar-refractivity contribution is -0.149. The lowest BCUT2D eigenvalue weighted by Crippen LogP contribution is -2.63. The molecule has 0 bridgehead atoms. The maximum atomic E-state index is 14.9. The summed E-state index contributed by atoms with van der Waals surface area (Å²) in [5.41, 5.74) is 18.5. The van der Waals surface area contributed by atoms with Gasteiger partial charge in [-0.2, -0.15) is 0 Å². The van der Waals surface area contributed by atoms with Gasteiger partial charge in [0.1, 0.15) is 66.5 Å². The van der Waals surface area contributed by atoms with Gasteiger partial charge in [-0.1, -0.05) is 98.1 Å². The number of primary amides is 1. The number of likely N-dealkylation sites (tertiary alicyclic amines) is 1. The number of piperidine rings is 1. The van der Waals surface area contributed by atoms with Crippen molar-refractivity contribution < 1.29 is 77.3 Å². The molecule has 100 heavy (non-hydrogen) atoms. The SMILES string of the molecule is CCC(C)C(N)C1=NC(C(=O)NC2CC(C)CN(C(CCC(=O)O)C(=O)NC(C(=O)NC3CCCCNC(=O)CC(C(=O)NC(CC(N)=O)C(=O)O)NC(=O)C(Cc4cnc[nH]4)NC(=O)C(Cc4ccccc4)NC(=O)C(C(C)CC)NC(=O)C(CCCN)NC3=O)C(C)CC)C2=O)CS1. The van der Waals surface area contributed by atoms with Crippen LogP contribution in [0.15, 0.2) is 47.8 Å². The molecule has 33 nitrogen and oxygen atoms in total. The average molecular weight is 1420 g/mol. The maximum absolute atomic E-state index is 14.9. The molecule has 5 rings (SSSR count). The molecule has 0 spiro atoms. The van der Waals surface area contributed by atoms with Crippen molar-refractivity contribution in [2.75, 3.05) is 25.4 Å². The Kier molecular flexibility index (Phi) is 32.9. The van der Waals surface area contributed by atoms with Gasteiger partial charge in [0.25, 0.3) is 0 Å². The van der Waals surface area contributed by atoms with Gasteiger partial charge < -0.3 is 90.5 Å². The van der Waals surface area contributed by atoms with Crippen LogP contribution in [0.5, 0.6) is 0 Å². The number of nitrogens with zero attached hydrogens (tertiary/aromatic N) is 3. The number of imidazole rings is 1. The van der Waals surface area contributed by atoms with Crippen molar-refractivity contribution in [2.24, 2.45) is 45.9 Å². The molecule has 552 valence electrons. The van der Waals surface area contributed by atoms with Crippen molar-refractivity contribution in [3.8, 4) is 0 Å². The highest BCUT2D eigenvalue weighted by atomic mass is 32.2. The number of H-pyrrole nitrogens is 1. The van der Waals surface area contributed by atoms with Crippen LogP contribution in [-0.4, -0.2) is 211 Å². The highest BCUT2D eigenvalue weighted by Crippen LogP contribution is 2.27. The molecule has 3 aliphatic heterocycles. The second kappa shape index (κ2) is 40.3. The highest BCUT2D eigenvalue weighted by molar-refractivity contribution is 8.14. The summed E-state index contributed by atoms with van der Waals surface area (Å²) in [7, 11) is 0. The Labute approximate surface area is 585 Å². The van der Waals surface area contributed by atoms with Gasteiger partial charge in [-0.05, 0) is 80.7 Å². The second-order valence-corrected chi connectivity index (χ2v) is 27.2. The van der Waals surface area contributed by atoms with Crippen molar-refractivity contribution in [2.45, 2.75) is 217 Å². The number of rotatable bonds is 29. The highest BCUT2D eigenvalue weighted by Gasteiger charge is 2.44. The topological polar surface area (TPSA) is 522 Å². The Morgan fingerprint density at radius 1 is 0.760 bits per heavy atom. The zero-order valence-electron chi connectivity index (χ0n) is 57.8. The molecular weight excluding hydrogens is 1320 g/mol. The molecular formula is C66H101N17O16S. The molecule has 4 heterocycles. The van der Waals surface area contributed by atoms with Gasteiger partial charge in [0.15, 0.2) is 0 Å². The number of amides is 12. The first kappa shape index (κ1) is 81.6. The summed E-state index contributed by atoms with van der Waals surface area (Å²) in [4.78, 5) is 209. The molecule has 16 atom stereocenters. The van der Waals surface area contributed by atoms with Gasteiger partial charge in [0.2, 0.25) is 70.9 Å². The van der Waals surface area contributed by atoms with E-state index < -0.39 is 187 Å². The number of hydrogen-bond acceptors (Lipinski definition) is 19. The van der Waals surface area contributed by atoms with Crippen LogP contribution in [0.2, 0.25) is 0 Å². The first-order valence-corrected chi connectivity index (χ1v) is 35.2. The number of aliphatic carboxylic acids is 2. The summed E-state index contributed by atoms with van der Waals surface area (Å²) < 4.78 is 0. The number of carbonyl (C=O) groups is 14. The molecule has 0 aliphatic carbocycles. The number of nitrogens with one attached hydrogen (secondary N) is 11. The van der Waals surface area contributed by atoms with E-state index in [1.54, 1.807) is 65.0 Å². The molecule has 19 N–H and O–H groups in total. The smallest absolute Gasteiger partial charge is 0.326 e. The Hall–Kier alpha value is -9.05. The number of aliphatic imine (C=N–C) groups is 1. The minimum absolute atomic E-state index is 0.0173. The van der Waals surface area contributed by atoms with E-state index in [4.69, 9.17) is 17.2 Å². The van der Waals surface area contributed by atoms with E-state index in [1.807, 2.05) is 13.8 Å². The maximum Gasteiger partial charge on any atom is 0.326 e. The van der Waals surface area contributed by atoms with E-state index in [9.17, 15) is 77.3 Å². The van der Waals surface area contributed by atoms with Crippen molar-refractivity contribution in [3.05, 3.63) is 54.1 Å². The zero-order valence-corrected chi connectivity index (χ0v) is 58.6. The molecule has 2 saturated heterocycles. The minimum atomic E-state index is -1.91. The third-order valence-electron chi connectivity index (χ3n) is 18.2. The van der Waals surface area contributed by atoms with Crippen LogP contribution >= 0.6 is 11.8 Å². The molecule has 0 saturated carbocycles. The fourth-order valence-corrected chi connectivity index (χ4v) is 12.8. The molecule has 2 fully saturated rings. The number of thioether (sulfide) groups is 1. The number of aromatic nitrogens is 2. The van der Waals surface area contributed by atoms with E-state index in [0.717, 1.165) is 6.42 Å². The molecule has 12 amide bonds. The Morgan fingerprint density at radius 3 is 2.05 bits per heavy atom. The molecule has 34 heteroatoms. The van der Waals surface area contributed by atoms with Gasteiger partial charge in [-0.3, -0.25) is 67.3 Å². The summed E-state index contributed by atoms with van der Waals surface area (Å²) in [5, 5.41) is 46.8. The van der Waals surface area contributed by atoms with Crippen molar-refractivity contribution in [1.82, 2.24) is 68.0 Å². The summed E-state index contributed by atoms with van der Waals surface area (Å²) in [6.07, 6.45) is 0.933. The van der Waals surface area contributed by atoms with Crippen LogP contribution in [0, 0.1) is 23.7 Å². The van der Waals surface area contributed by atoms with E-state index >= 15 is 0 Å². The van der Waals surface area contributed by atoms with E-state index in [-0.39, 0.29) is 95.3 Å². The number of carbonyl (C=O) groups excluding carboxylic acids is 12. The number of aromatic amines is 1. The van der Waals surface area contributed by atoms with Gasteiger partial charge in [-0.15, -0.1) is 11.8 Å². The normalized spacial score (nSPS) is 24.6. The molecule has 2 aromatic rings. The van der Waals surface area contributed by atoms with Crippen LogP contribution in [0.25, 0.3) is 0 Å². The van der Waals surface area contributed by atoms with Gasteiger partial charge in [-0.25, -0.2) is 9.78 Å². The van der Waals surface area contributed by atoms with E-state index in [0.29, 0.717) is 28.5 Å². The lowest BCUT2D eigenvalue weighted by Gasteiger charge is -2.41. The first-order chi connectivity index (χ1) is 47.5. The third kappa shape index (κ3) is 25.0. The van der Waals surface area contributed by atoms with Gasteiger partial charge >= 0.3 is 11.9 Å². The molecule has 1 aromatic heterocycles. The van der Waals surface area contributed by atoms with Crippen LogP contribution in [-0.2, 0) is 80.0 Å². The van der Waals surface area contributed by atoms with E-state index in [2.05, 4.69) is 68.1 Å². The zero-order chi connectivity index (χ0) is 73.9. The van der Waals surface area contributed by atoms with Crippen LogP contribution in [0.1, 0.15) is 143 Å². The van der Waals surface area contributed by atoms with Gasteiger partial charge in [0, 0.05) is 50.0 Å². The Bertz CT molecular complexity index is 3220. The van der Waals surface area contributed by atoms with E-state index in [1.165, 1.54) is 29.2 Å².